The van der Waals surface area contributed by atoms with Gasteiger partial charge in [-0.1, -0.05) is 241 Å². The lowest BCUT2D eigenvalue weighted by molar-refractivity contribution is -0.145. The van der Waals surface area contributed by atoms with Crippen LogP contribution in [-0.2, 0) is 14.3 Å². The Morgan fingerprint density at radius 2 is 0.769 bits per heavy atom. The van der Waals surface area contributed by atoms with Gasteiger partial charge in [0.1, 0.15) is 0 Å². The molecule has 0 saturated heterocycles. The smallest absolute Gasteiger partial charge is 0.306 e. The van der Waals surface area contributed by atoms with Crippen LogP contribution in [0.3, 0.4) is 0 Å². The van der Waals surface area contributed by atoms with Crippen molar-refractivity contribution in [2.45, 2.75) is 273 Å². The molecule has 0 radical (unpaired) electrons. The number of hydrogen-bond donors (Lipinski definition) is 1. The van der Waals surface area contributed by atoms with Crippen LogP contribution in [0.2, 0.25) is 0 Å². The molecular weight excluding hydrogens is 641 g/mol. The molecule has 0 heterocycles. The summed E-state index contributed by atoms with van der Waals surface area (Å²) in [4.78, 5) is 23.4. The van der Waals surface area contributed by atoms with E-state index in [1.165, 1.54) is 186 Å². The Hall–Kier alpha value is -1.06. The molecule has 0 saturated carbocycles. The molecule has 0 aromatic rings. The number of esters is 1. The number of carbonyl (C=O) groups is 2. The standard InChI is InChI=1S/2C24H48O2/c1-4-7-9-10-11-12-13-14-15-16-17-18-19-21-24(25)26-22-23(6-3)20-8-5-2;1-4-7-9-10-11-12-13-14-15-16-17-18-20-23(24(25)26)21-22(6-3)19-8-5-2/h23H,4-22H2,1-3H3;22-23H,4-21H2,1-3H3,(H,25,26). The zero-order valence-corrected chi connectivity index (χ0v) is 36.6. The van der Waals surface area contributed by atoms with Gasteiger partial charge in [-0.3, -0.25) is 9.59 Å². The van der Waals surface area contributed by atoms with Crippen molar-refractivity contribution in [2.75, 3.05) is 6.61 Å². The van der Waals surface area contributed by atoms with Crippen molar-refractivity contribution in [3.63, 3.8) is 0 Å². The first-order chi connectivity index (χ1) is 25.4. The summed E-state index contributed by atoms with van der Waals surface area (Å²) in [6.07, 6.45) is 45.5. The van der Waals surface area contributed by atoms with Crippen molar-refractivity contribution >= 4 is 11.9 Å². The van der Waals surface area contributed by atoms with E-state index in [2.05, 4.69) is 41.5 Å². The molecule has 3 atom stereocenters. The second-order valence-corrected chi connectivity index (χ2v) is 16.5. The van der Waals surface area contributed by atoms with Crippen molar-refractivity contribution in [1.29, 1.82) is 0 Å². The first kappa shape index (κ1) is 53.0. The summed E-state index contributed by atoms with van der Waals surface area (Å²) in [6, 6.07) is 0. The summed E-state index contributed by atoms with van der Waals surface area (Å²) >= 11 is 0. The van der Waals surface area contributed by atoms with Crippen molar-refractivity contribution in [2.24, 2.45) is 17.8 Å². The molecule has 0 bridgehead atoms. The molecule has 0 spiro atoms. The molecule has 52 heavy (non-hydrogen) atoms. The average molecular weight is 737 g/mol. The maximum absolute atomic E-state index is 11.8. The van der Waals surface area contributed by atoms with Crippen LogP contribution in [0.5, 0.6) is 0 Å². The molecular formula is C48H96O4. The number of carboxylic acid groups (broad SMARTS) is 1. The molecule has 312 valence electrons. The highest BCUT2D eigenvalue weighted by Gasteiger charge is 2.21. The summed E-state index contributed by atoms with van der Waals surface area (Å²) in [5.41, 5.74) is 0. The van der Waals surface area contributed by atoms with Gasteiger partial charge in [0.2, 0.25) is 0 Å². The highest BCUT2D eigenvalue weighted by atomic mass is 16.5. The Morgan fingerprint density at radius 3 is 1.13 bits per heavy atom. The van der Waals surface area contributed by atoms with E-state index < -0.39 is 5.97 Å². The van der Waals surface area contributed by atoms with Gasteiger partial charge >= 0.3 is 11.9 Å². The fourth-order valence-electron chi connectivity index (χ4n) is 7.43. The SMILES string of the molecule is CCCCCCCCCCCCCCC(CC(CC)CCCC)C(=O)O.CCCCCCCCCCCCCCCC(=O)OCC(CC)CCCC. The Labute approximate surface area is 327 Å². The van der Waals surface area contributed by atoms with E-state index >= 15 is 0 Å². The van der Waals surface area contributed by atoms with Gasteiger partial charge in [0.05, 0.1) is 12.5 Å². The van der Waals surface area contributed by atoms with Gasteiger partial charge in [-0.25, -0.2) is 0 Å². The zero-order chi connectivity index (χ0) is 38.8. The van der Waals surface area contributed by atoms with Crippen LogP contribution >= 0.6 is 0 Å². The molecule has 0 aliphatic heterocycles. The Balaban J connectivity index is 0. The maximum atomic E-state index is 11.8. The summed E-state index contributed by atoms with van der Waals surface area (Å²) in [6.45, 7) is 14.0. The van der Waals surface area contributed by atoms with Gasteiger partial charge in [-0.15, -0.1) is 0 Å². The Bertz CT molecular complexity index is 704. The molecule has 0 amide bonds. The van der Waals surface area contributed by atoms with Crippen molar-refractivity contribution in [3.05, 3.63) is 0 Å². The van der Waals surface area contributed by atoms with Crippen molar-refractivity contribution in [1.82, 2.24) is 0 Å². The van der Waals surface area contributed by atoms with Gasteiger partial charge in [0, 0.05) is 6.42 Å². The lowest BCUT2D eigenvalue weighted by Crippen LogP contribution is -2.18. The van der Waals surface area contributed by atoms with Crippen LogP contribution in [0.25, 0.3) is 0 Å². The third kappa shape index (κ3) is 40.1. The van der Waals surface area contributed by atoms with Gasteiger partial charge in [-0.2, -0.15) is 0 Å². The summed E-state index contributed by atoms with van der Waals surface area (Å²) in [5, 5.41) is 9.52. The lowest BCUT2D eigenvalue weighted by atomic mass is 9.86. The van der Waals surface area contributed by atoms with Crippen LogP contribution in [-0.4, -0.2) is 23.7 Å². The molecule has 0 aromatic carbocycles. The number of unbranched alkanes of at least 4 members (excludes halogenated alkanes) is 25. The molecule has 0 aromatic heterocycles. The topological polar surface area (TPSA) is 63.6 Å². The number of rotatable bonds is 40. The number of hydrogen-bond acceptors (Lipinski definition) is 3. The molecule has 0 aliphatic rings. The van der Waals surface area contributed by atoms with E-state index in [-0.39, 0.29) is 11.9 Å². The number of aliphatic carboxylic acids is 1. The third-order valence-corrected chi connectivity index (χ3v) is 11.4. The Kier molecular flexibility index (Phi) is 45.2. The highest BCUT2D eigenvalue weighted by molar-refractivity contribution is 5.70. The fourth-order valence-corrected chi connectivity index (χ4v) is 7.43. The average Bonchev–Trinajstić information content (AvgIpc) is 3.15. The molecule has 4 heteroatoms. The predicted octanol–water partition coefficient (Wildman–Crippen LogP) is 16.6. The van der Waals surface area contributed by atoms with E-state index in [1.807, 2.05) is 0 Å². The van der Waals surface area contributed by atoms with Gasteiger partial charge in [0.25, 0.3) is 0 Å². The van der Waals surface area contributed by atoms with E-state index in [9.17, 15) is 14.7 Å². The number of carbonyl (C=O) groups excluding carboxylic acids is 1. The second-order valence-electron chi connectivity index (χ2n) is 16.5. The minimum atomic E-state index is -0.567. The lowest BCUT2D eigenvalue weighted by Gasteiger charge is -2.19. The molecule has 0 fully saturated rings. The number of carboxylic acids is 1. The second kappa shape index (κ2) is 44.3. The van der Waals surface area contributed by atoms with Crippen LogP contribution in [0.15, 0.2) is 0 Å². The van der Waals surface area contributed by atoms with Crippen LogP contribution < -0.4 is 0 Å². The molecule has 0 rings (SSSR count). The first-order valence-electron chi connectivity index (χ1n) is 23.8. The van der Waals surface area contributed by atoms with E-state index in [0.29, 0.717) is 24.9 Å². The molecule has 4 nitrogen and oxygen atoms in total. The summed E-state index contributed by atoms with van der Waals surface area (Å²) < 4.78 is 5.46. The van der Waals surface area contributed by atoms with Crippen LogP contribution in [0.1, 0.15) is 273 Å². The quantitative estimate of drug-likeness (QED) is 0.0502. The van der Waals surface area contributed by atoms with E-state index in [1.54, 1.807) is 0 Å². The van der Waals surface area contributed by atoms with Gasteiger partial charge in [-0.05, 0) is 37.5 Å². The van der Waals surface area contributed by atoms with Crippen molar-refractivity contribution < 1.29 is 19.4 Å². The fraction of sp³-hybridized carbons (Fsp3) is 0.958. The molecule has 0 aliphatic carbocycles. The monoisotopic (exact) mass is 737 g/mol. The van der Waals surface area contributed by atoms with E-state index in [4.69, 9.17) is 4.74 Å². The molecule has 3 unspecified atom stereocenters. The predicted molar refractivity (Wildman–Crippen MR) is 229 cm³/mol. The van der Waals surface area contributed by atoms with Crippen LogP contribution in [0.4, 0.5) is 0 Å². The minimum Gasteiger partial charge on any atom is -0.481 e. The highest BCUT2D eigenvalue weighted by Crippen LogP contribution is 2.26. The minimum absolute atomic E-state index is 0.0167. The number of ether oxygens (including phenoxy) is 1. The summed E-state index contributed by atoms with van der Waals surface area (Å²) in [7, 11) is 0. The Morgan fingerprint density at radius 1 is 0.423 bits per heavy atom. The van der Waals surface area contributed by atoms with Crippen LogP contribution in [0, 0.1) is 17.8 Å². The largest absolute Gasteiger partial charge is 0.481 e. The maximum Gasteiger partial charge on any atom is 0.306 e. The van der Waals surface area contributed by atoms with Gasteiger partial charge in [0.15, 0.2) is 0 Å². The normalized spacial score (nSPS) is 13.0. The van der Waals surface area contributed by atoms with Crippen molar-refractivity contribution in [3.8, 4) is 0 Å². The zero-order valence-electron chi connectivity index (χ0n) is 36.6. The first-order valence-corrected chi connectivity index (χ1v) is 23.8. The van der Waals surface area contributed by atoms with Gasteiger partial charge < -0.3 is 9.84 Å². The third-order valence-electron chi connectivity index (χ3n) is 11.4. The molecule has 1 N–H and O–H groups in total. The van der Waals surface area contributed by atoms with E-state index in [0.717, 1.165) is 38.5 Å². The summed E-state index contributed by atoms with van der Waals surface area (Å²) in [5.74, 6) is 0.505.